The standard InChI is InChI=1S/C14H13N3O2/c1-2-5-12-16-14(19-17-12)10-8-13(18)15-11-7-4-3-6-9(10)11/h3-4,6-9H,2,5H2,1H3. The Bertz CT molecular complexity index is 635. The zero-order valence-electron chi connectivity index (χ0n) is 10.5. The maximum atomic E-state index is 11.6. The summed E-state index contributed by atoms with van der Waals surface area (Å²) in [6.07, 6.45) is 10.8. The largest absolute Gasteiger partial charge is 0.334 e. The number of carbonyl (C=O) groups is 1. The Hall–Kier alpha value is -2.30. The van der Waals surface area contributed by atoms with Crippen molar-refractivity contribution in [2.24, 2.45) is 10.9 Å². The van der Waals surface area contributed by atoms with Gasteiger partial charge < -0.3 is 4.52 Å². The zero-order chi connectivity index (χ0) is 13.2. The van der Waals surface area contributed by atoms with Crippen LogP contribution in [0.25, 0.3) is 5.57 Å². The molecule has 19 heavy (non-hydrogen) atoms. The number of amides is 1. The summed E-state index contributed by atoms with van der Waals surface area (Å²) in [5.41, 5.74) is 1.45. The van der Waals surface area contributed by atoms with Crippen LogP contribution in [0.4, 0.5) is 0 Å². The van der Waals surface area contributed by atoms with Crippen LogP contribution in [0.3, 0.4) is 0 Å². The van der Waals surface area contributed by atoms with E-state index in [1.54, 1.807) is 0 Å². The molecule has 0 aromatic carbocycles. The molecule has 0 bridgehead atoms. The van der Waals surface area contributed by atoms with E-state index >= 15 is 0 Å². The van der Waals surface area contributed by atoms with Crippen molar-refractivity contribution >= 4 is 17.2 Å². The molecule has 5 heteroatoms. The molecular formula is C14H13N3O2. The molecule has 1 aromatic heterocycles. The number of dihydropyridines is 1. The summed E-state index contributed by atoms with van der Waals surface area (Å²) >= 11 is 0. The number of carbonyl (C=O) groups excluding carboxylic acids is 1. The molecule has 1 amide bonds. The minimum Gasteiger partial charge on any atom is -0.334 e. The van der Waals surface area contributed by atoms with Crippen molar-refractivity contribution in [3.63, 3.8) is 0 Å². The second-order valence-corrected chi connectivity index (χ2v) is 4.46. The van der Waals surface area contributed by atoms with Crippen molar-refractivity contribution in [2.45, 2.75) is 19.8 Å². The van der Waals surface area contributed by atoms with Gasteiger partial charge in [0.25, 0.3) is 11.8 Å². The molecule has 0 saturated heterocycles. The number of allylic oxidation sites excluding steroid dienone is 5. The Balaban J connectivity index is 1.96. The molecule has 1 aliphatic carbocycles. The molecule has 5 nitrogen and oxygen atoms in total. The summed E-state index contributed by atoms with van der Waals surface area (Å²) < 4.78 is 5.26. The van der Waals surface area contributed by atoms with Crippen LogP contribution in [-0.2, 0) is 11.2 Å². The molecule has 0 saturated carbocycles. The number of fused-ring (bicyclic) bond motifs is 1. The maximum absolute atomic E-state index is 11.6. The minimum absolute atomic E-state index is 0.0716. The molecule has 1 aliphatic heterocycles. The third-order valence-corrected chi connectivity index (χ3v) is 3.04. The molecular weight excluding hydrogens is 242 g/mol. The van der Waals surface area contributed by atoms with Gasteiger partial charge in [-0.3, -0.25) is 4.79 Å². The predicted octanol–water partition coefficient (Wildman–Crippen LogP) is 2.13. The number of hydrogen-bond donors (Lipinski definition) is 0. The SMILES string of the molecule is CCCc1noc(C2=CC(=O)N=C3C=CC=CC23)n1. The Morgan fingerprint density at radius 2 is 2.26 bits per heavy atom. The summed E-state index contributed by atoms with van der Waals surface area (Å²) in [7, 11) is 0. The first-order valence-corrected chi connectivity index (χ1v) is 6.30. The van der Waals surface area contributed by atoms with Crippen LogP contribution in [0, 0.1) is 5.92 Å². The quantitative estimate of drug-likeness (QED) is 0.829. The van der Waals surface area contributed by atoms with Crippen LogP contribution >= 0.6 is 0 Å². The van der Waals surface area contributed by atoms with Crippen molar-refractivity contribution in [3.8, 4) is 0 Å². The Kier molecular flexibility index (Phi) is 2.95. The summed E-state index contributed by atoms with van der Waals surface area (Å²) in [4.78, 5) is 20.0. The molecule has 1 aromatic rings. The van der Waals surface area contributed by atoms with E-state index in [4.69, 9.17) is 4.52 Å². The van der Waals surface area contributed by atoms with E-state index in [1.165, 1.54) is 6.08 Å². The van der Waals surface area contributed by atoms with Crippen molar-refractivity contribution in [3.05, 3.63) is 42.1 Å². The number of aryl methyl sites for hydroxylation is 1. The lowest BCUT2D eigenvalue weighted by Crippen LogP contribution is -2.20. The van der Waals surface area contributed by atoms with Gasteiger partial charge in [0.1, 0.15) is 0 Å². The number of nitrogens with zero attached hydrogens (tertiary/aromatic N) is 3. The minimum atomic E-state index is -0.281. The molecule has 0 spiro atoms. The lowest BCUT2D eigenvalue weighted by Gasteiger charge is -2.19. The first kappa shape index (κ1) is 11.8. The van der Waals surface area contributed by atoms with Gasteiger partial charge in [-0.25, -0.2) is 4.99 Å². The normalized spacial score (nSPS) is 21.1. The molecule has 96 valence electrons. The van der Waals surface area contributed by atoms with E-state index in [-0.39, 0.29) is 11.8 Å². The lowest BCUT2D eigenvalue weighted by molar-refractivity contribution is -0.113. The number of hydrogen-bond acceptors (Lipinski definition) is 4. The fraction of sp³-hybridized carbons (Fsp3) is 0.286. The molecule has 1 atom stereocenters. The highest BCUT2D eigenvalue weighted by Crippen LogP contribution is 2.30. The summed E-state index contributed by atoms with van der Waals surface area (Å²) in [5.74, 6) is 0.730. The summed E-state index contributed by atoms with van der Waals surface area (Å²) in [5, 5.41) is 3.92. The highest BCUT2D eigenvalue weighted by atomic mass is 16.5. The average molecular weight is 255 g/mol. The first-order chi connectivity index (χ1) is 9.28. The van der Waals surface area contributed by atoms with E-state index in [9.17, 15) is 4.79 Å². The third kappa shape index (κ3) is 2.19. The van der Waals surface area contributed by atoms with Crippen molar-refractivity contribution in [2.75, 3.05) is 0 Å². The maximum Gasteiger partial charge on any atom is 0.270 e. The van der Waals surface area contributed by atoms with Gasteiger partial charge in [-0.05, 0) is 12.5 Å². The number of aromatic nitrogens is 2. The van der Waals surface area contributed by atoms with Gasteiger partial charge in [0, 0.05) is 18.1 Å². The van der Waals surface area contributed by atoms with Crippen LogP contribution in [0.5, 0.6) is 0 Å². The molecule has 0 radical (unpaired) electrons. The van der Waals surface area contributed by atoms with E-state index in [2.05, 4.69) is 22.1 Å². The van der Waals surface area contributed by atoms with Gasteiger partial charge in [-0.2, -0.15) is 4.98 Å². The Morgan fingerprint density at radius 3 is 3.11 bits per heavy atom. The van der Waals surface area contributed by atoms with Crippen LogP contribution in [-0.4, -0.2) is 21.8 Å². The lowest BCUT2D eigenvalue weighted by atomic mass is 9.88. The van der Waals surface area contributed by atoms with Crippen LogP contribution < -0.4 is 0 Å². The highest BCUT2D eigenvalue weighted by molar-refractivity contribution is 6.17. The summed E-state index contributed by atoms with van der Waals surface area (Å²) in [6.45, 7) is 2.05. The predicted molar refractivity (Wildman–Crippen MR) is 70.5 cm³/mol. The molecule has 0 N–H and O–H groups in total. The fourth-order valence-electron chi connectivity index (χ4n) is 2.17. The van der Waals surface area contributed by atoms with Gasteiger partial charge in [0.2, 0.25) is 0 Å². The molecule has 1 unspecified atom stereocenters. The zero-order valence-corrected chi connectivity index (χ0v) is 10.5. The van der Waals surface area contributed by atoms with Gasteiger partial charge in [0.15, 0.2) is 5.82 Å². The van der Waals surface area contributed by atoms with E-state index in [0.29, 0.717) is 11.7 Å². The van der Waals surface area contributed by atoms with Crippen molar-refractivity contribution < 1.29 is 9.32 Å². The number of rotatable bonds is 3. The van der Waals surface area contributed by atoms with Gasteiger partial charge in [-0.1, -0.05) is 30.3 Å². The topological polar surface area (TPSA) is 68.3 Å². The van der Waals surface area contributed by atoms with Crippen LogP contribution in [0.1, 0.15) is 25.1 Å². The van der Waals surface area contributed by atoms with Gasteiger partial charge in [-0.15, -0.1) is 0 Å². The molecule has 2 heterocycles. The fourth-order valence-corrected chi connectivity index (χ4v) is 2.17. The van der Waals surface area contributed by atoms with E-state index < -0.39 is 0 Å². The van der Waals surface area contributed by atoms with E-state index in [0.717, 1.165) is 24.1 Å². The highest BCUT2D eigenvalue weighted by Gasteiger charge is 2.28. The van der Waals surface area contributed by atoms with Crippen LogP contribution in [0.2, 0.25) is 0 Å². The smallest absolute Gasteiger partial charge is 0.270 e. The van der Waals surface area contributed by atoms with Crippen molar-refractivity contribution in [1.29, 1.82) is 0 Å². The third-order valence-electron chi connectivity index (χ3n) is 3.04. The molecule has 0 fully saturated rings. The first-order valence-electron chi connectivity index (χ1n) is 6.30. The molecule has 3 rings (SSSR count). The second kappa shape index (κ2) is 4.76. The Labute approximate surface area is 110 Å². The average Bonchev–Trinajstić information content (AvgIpc) is 2.86. The van der Waals surface area contributed by atoms with E-state index in [1.807, 2.05) is 24.3 Å². The van der Waals surface area contributed by atoms with Gasteiger partial charge in [0.05, 0.1) is 11.6 Å². The van der Waals surface area contributed by atoms with Crippen LogP contribution in [0.15, 0.2) is 39.9 Å². The van der Waals surface area contributed by atoms with Crippen molar-refractivity contribution in [1.82, 2.24) is 10.1 Å². The summed E-state index contributed by atoms with van der Waals surface area (Å²) in [6, 6.07) is 0. The monoisotopic (exact) mass is 255 g/mol. The molecule has 2 aliphatic rings. The number of aliphatic imine (C=N–C) groups is 1. The Morgan fingerprint density at radius 1 is 1.37 bits per heavy atom. The second-order valence-electron chi connectivity index (χ2n) is 4.46. The van der Waals surface area contributed by atoms with Gasteiger partial charge >= 0.3 is 0 Å².